The maximum absolute atomic E-state index is 12.7. The number of anilines is 1. The van der Waals surface area contributed by atoms with Gasteiger partial charge in [-0.2, -0.15) is 0 Å². The van der Waals surface area contributed by atoms with Crippen LogP contribution in [0.1, 0.15) is 55.9 Å². The SMILES string of the molecule is C[C@@H](Nc1nnc(C2C3Oc4ccccc4[C@H]32)o1)C(=O)N1CCC2(CC1)CC2. The molecule has 2 unspecified atom stereocenters. The summed E-state index contributed by atoms with van der Waals surface area (Å²) in [6, 6.07) is 8.04. The van der Waals surface area contributed by atoms with E-state index in [2.05, 4.69) is 21.6 Å². The van der Waals surface area contributed by atoms with Gasteiger partial charge in [-0.1, -0.05) is 23.3 Å². The van der Waals surface area contributed by atoms with Crippen molar-refractivity contribution in [3.05, 3.63) is 35.7 Å². The molecule has 2 aromatic rings. The molecule has 146 valence electrons. The van der Waals surface area contributed by atoms with E-state index in [-0.39, 0.29) is 24.0 Å². The van der Waals surface area contributed by atoms with Crippen molar-refractivity contribution in [3.8, 4) is 5.75 Å². The lowest BCUT2D eigenvalue weighted by molar-refractivity contribution is -0.133. The topological polar surface area (TPSA) is 80.5 Å². The highest BCUT2D eigenvalue weighted by Gasteiger charge is 2.62. The van der Waals surface area contributed by atoms with E-state index >= 15 is 0 Å². The number of para-hydroxylation sites is 1. The van der Waals surface area contributed by atoms with Crippen molar-refractivity contribution >= 4 is 11.9 Å². The first-order valence-corrected chi connectivity index (χ1v) is 10.3. The molecule has 3 heterocycles. The van der Waals surface area contributed by atoms with Gasteiger partial charge in [0.15, 0.2) is 0 Å². The number of fused-ring (bicyclic) bond motifs is 3. The Morgan fingerprint density at radius 3 is 2.75 bits per heavy atom. The molecule has 7 heteroatoms. The smallest absolute Gasteiger partial charge is 0.316 e. The predicted octanol–water partition coefficient (Wildman–Crippen LogP) is 2.91. The Hall–Kier alpha value is -2.57. The molecule has 3 fully saturated rings. The molecule has 1 spiro atoms. The Bertz CT molecular complexity index is 927. The molecule has 6 rings (SSSR count). The normalized spacial score (nSPS) is 29.6. The van der Waals surface area contributed by atoms with Crippen molar-refractivity contribution in [3.63, 3.8) is 0 Å². The maximum atomic E-state index is 12.7. The van der Waals surface area contributed by atoms with Crippen LogP contribution in [0.25, 0.3) is 0 Å². The zero-order chi connectivity index (χ0) is 18.9. The Morgan fingerprint density at radius 1 is 1.18 bits per heavy atom. The number of amides is 1. The van der Waals surface area contributed by atoms with Crippen molar-refractivity contribution in [2.45, 2.75) is 56.6 Å². The standard InChI is InChI=1S/C21H24N4O3/c1-12(19(26)25-10-8-21(6-7-21)9-11-25)22-20-24-23-18(28-20)16-15-13-4-2-3-5-14(13)27-17(15)16/h2-5,12,15-17H,6-11H2,1H3,(H,22,24)/t12-,15+,16?,17?/m1/s1. The molecule has 1 amide bonds. The fourth-order valence-corrected chi connectivity index (χ4v) is 4.93. The lowest BCUT2D eigenvalue weighted by Gasteiger charge is -2.33. The quantitative estimate of drug-likeness (QED) is 0.878. The predicted molar refractivity (Wildman–Crippen MR) is 101 cm³/mol. The summed E-state index contributed by atoms with van der Waals surface area (Å²) in [6.07, 6.45) is 5.05. The highest BCUT2D eigenvalue weighted by Crippen LogP contribution is 2.62. The molecular formula is C21H24N4O3. The summed E-state index contributed by atoms with van der Waals surface area (Å²) in [5.41, 5.74) is 1.78. The zero-order valence-corrected chi connectivity index (χ0v) is 15.9. The maximum Gasteiger partial charge on any atom is 0.316 e. The molecule has 2 aliphatic heterocycles. The number of ether oxygens (including phenoxy) is 1. The van der Waals surface area contributed by atoms with Gasteiger partial charge in [0.05, 0.1) is 5.92 Å². The van der Waals surface area contributed by atoms with E-state index in [9.17, 15) is 4.79 Å². The fraction of sp³-hybridized carbons (Fsp3) is 0.571. The number of likely N-dealkylation sites (tertiary alicyclic amines) is 1. The van der Waals surface area contributed by atoms with Crippen LogP contribution in [0.2, 0.25) is 0 Å². The van der Waals surface area contributed by atoms with Crippen molar-refractivity contribution in [1.82, 2.24) is 15.1 Å². The average Bonchev–Trinajstić information content (AvgIpc) is 3.52. The summed E-state index contributed by atoms with van der Waals surface area (Å²) < 4.78 is 11.8. The first-order valence-electron chi connectivity index (χ1n) is 10.3. The van der Waals surface area contributed by atoms with Crippen LogP contribution in [0.4, 0.5) is 6.01 Å². The molecule has 28 heavy (non-hydrogen) atoms. The third kappa shape index (κ3) is 2.52. The summed E-state index contributed by atoms with van der Waals surface area (Å²) in [6.45, 7) is 3.59. The van der Waals surface area contributed by atoms with Crippen LogP contribution in [0.15, 0.2) is 28.7 Å². The lowest BCUT2D eigenvalue weighted by Crippen LogP contribution is -2.45. The lowest BCUT2D eigenvalue weighted by atomic mass is 9.93. The van der Waals surface area contributed by atoms with E-state index in [1.54, 1.807) is 0 Å². The highest BCUT2D eigenvalue weighted by molar-refractivity contribution is 5.83. The number of carbonyl (C=O) groups is 1. The number of piperidine rings is 1. The Morgan fingerprint density at radius 2 is 1.96 bits per heavy atom. The van der Waals surface area contributed by atoms with E-state index in [1.807, 2.05) is 30.0 Å². The van der Waals surface area contributed by atoms with Crippen LogP contribution in [0.3, 0.4) is 0 Å². The number of carbonyl (C=O) groups excluding carboxylic acids is 1. The van der Waals surface area contributed by atoms with Crippen molar-refractivity contribution < 1.29 is 13.9 Å². The van der Waals surface area contributed by atoms with Gasteiger partial charge >= 0.3 is 6.01 Å². The van der Waals surface area contributed by atoms with Crippen LogP contribution in [-0.2, 0) is 4.79 Å². The first kappa shape index (κ1) is 16.4. The largest absolute Gasteiger partial charge is 0.489 e. The summed E-state index contributed by atoms with van der Waals surface area (Å²) in [7, 11) is 0. The minimum Gasteiger partial charge on any atom is -0.489 e. The molecule has 1 aromatic carbocycles. The molecule has 0 bridgehead atoms. The number of aromatic nitrogens is 2. The van der Waals surface area contributed by atoms with Crippen molar-refractivity contribution in [1.29, 1.82) is 0 Å². The first-order chi connectivity index (χ1) is 13.6. The van der Waals surface area contributed by atoms with E-state index in [1.165, 1.54) is 18.4 Å². The molecule has 1 aromatic heterocycles. The molecule has 2 saturated carbocycles. The monoisotopic (exact) mass is 380 g/mol. The number of nitrogens with one attached hydrogen (secondary N) is 1. The number of hydrogen-bond acceptors (Lipinski definition) is 6. The number of benzene rings is 1. The zero-order valence-electron chi connectivity index (χ0n) is 15.9. The van der Waals surface area contributed by atoms with Gasteiger partial charge in [0.1, 0.15) is 17.9 Å². The second-order valence-corrected chi connectivity index (χ2v) is 8.81. The van der Waals surface area contributed by atoms with Crippen LogP contribution in [0.5, 0.6) is 5.75 Å². The van der Waals surface area contributed by atoms with Crippen LogP contribution in [-0.4, -0.2) is 46.2 Å². The van der Waals surface area contributed by atoms with Crippen LogP contribution >= 0.6 is 0 Å². The van der Waals surface area contributed by atoms with E-state index < -0.39 is 0 Å². The third-order valence-corrected chi connectivity index (χ3v) is 7.02. The Balaban J connectivity index is 1.09. The number of nitrogens with zero attached hydrogens (tertiary/aromatic N) is 3. The number of hydrogen-bond donors (Lipinski definition) is 1. The minimum atomic E-state index is -0.378. The van der Waals surface area contributed by atoms with E-state index in [4.69, 9.17) is 9.15 Å². The van der Waals surface area contributed by atoms with Gasteiger partial charge in [-0.05, 0) is 44.1 Å². The Kier molecular flexibility index (Phi) is 3.35. The molecule has 4 atom stereocenters. The van der Waals surface area contributed by atoms with Gasteiger partial charge in [0.25, 0.3) is 0 Å². The van der Waals surface area contributed by atoms with Gasteiger partial charge in [-0.15, -0.1) is 5.10 Å². The van der Waals surface area contributed by atoms with Gasteiger partial charge in [0, 0.05) is 24.6 Å². The molecule has 4 aliphatic rings. The molecule has 1 N–H and O–H groups in total. The second-order valence-electron chi connectivity index (χ2n) is 8.81. The van der Waals surface area contributed by atoms with Gasteiger partial charge < -0.3 is 19.4 Å². The Labute approximate surface area is 163 Å². The van der Waals surface area contributed by atoms with Crippen molar-refractivity contribution in [2.75, 3.05) is 18.4 Å². The van der Waals surface area contributed by atoms with Gasteiger partial charge in [0.2, 0.25) is 11.8 Å². The van der Waals surface area contributed by atoms with E-state index in [0.717, 1.165) is 31.7 Å². The summed E-state index contributed by atoms with van der Waals surface area (Å²) in [4.78, 5) is 14.7. The number of rotatable bonds is 4. The molecule has 7 nitrogen and oxygen atoms in total. The second kappa shape index (κ2) is 5.72. The summed E-state index contributed by atoms with van der Waals surface area (Å²) in [5, 5.41) is 11.4. The molecule has 1 saturated heterocycles. The summed E-state index contributed by atoms with van der Waals surface area (Å²) in [5.74, 6) is 2.06. The third-order valence-electron chi connectivity index (χ3n) is 7.02. The molecule has 0 radical (unpaired) electrons. The van der Waals surface area contributed by atoms with Gasteiger partial charge in [-0.25, -0.2) is 0 Å². The highest BCUT2D eigenvalue weighted by atomic mass is 16.5. The summed E-state index contributed by atoms with van der Waals surface area (Å²) >= 11 is 0. The molecule has 2 aliphatic carbocycles. The van der Waals surface area contributed by atoms with Gasteiger partial charge in [-0.3, -0.25) is 4.79 Å². The average molecular weight is 380 g/mol. The van der Waals surface area contributed by atoms with Crippen LogP contribution in [0, 0.1) is 5.41 Å². The molecular weight excluding hydrogens is 356 g/mol. The fourth-order valence-electron chi connectivity index (χ4n) is 4.93. The van der Waals surface area contributed by atoms with Crippen LogP contribution < -0.4 is 10.1 Å². The van der Waals surface area contributed by atoms with Crippen molar-refractivity contribution in [2.24, 2.45) is 5.41 Å². The minimum absolute atomic E-state index is 0.0906. The van der Waals surface area contributed by atoms with E-state index in [0.29, 0.717) is 23.2 Å².